The van der Waals surface area contributed by atoms with E-state index in [9.17, 15) is 0 Å². The summed E-state index contributed by atoms with van der Waals surface area (Å²) in [5.41, 5.74) is 0. The Balaban J connectivity index is 1.65. The summed E-state index contributed by atoms with van der Waals surface area (Å²) < 4.78 is 5.42. The molecule has 0 spiro atoms. The maximum absolute atomic E-state index is 9.03. The minimum atomic E-state index is 0.0392. The van der Waals surface area contributed by atoms with Gasteiger partial charge in [-0.15, -0.1) is 0 Å². The lowest BCUT2D eigenvalue weighted by molar-refractivity contribution is -0.0538. The molecule has 2 rings (SSSR count). The van der Waals surface area contributed by atoms with Crippen LogP contribution >= 0.6 is 0 Å². The summed E-state index contributed by atoms with van der Waals surface area (Å²) in [6.45, 7) is 7.68. The first-order valence-corrected chi connectivity index (χ1v) is 6.05. The van der Waals surface area contributed by atoms with Gasteiger partial charge in [0, 0.05) is 26.2 Å². The van der Waals surface area contributed by atoms with Crippen LogP contribution in [0.5, 0.6) is 0 Å². The van der Waals surface area contributed by atoms with Gasteiger partial charge in [-0.2, -0.15) is 0 Å². The first-order valence-electron chi connectivity index (χ1n) is 6.05. The van der Waals surface area contributed by atoms with Crippen molar-refractivity contribution in [1.29, 1.82) is 0 Å². The molecule has 2 saturated heterocycles. The highest BCUT2D eigenvalue weighted by Gasteiger charge is 2.20. The van der Waals surface area contributed by atoms with Crippen LogP contribution in [-0.2, 0) is 4.74 Å². The van der Waals surface area contributed by atoms with E-state index >= 15 is 0 Å². The Morgan fingerprint density at radius 3 is 2.53 bits per heavy atom. The molecule has 1 N–H and O–H groups in total. The van der Waals surface area contributed by atoms with Gasteiger partial charge in [-0.1, -0.05) is 0 Å². The zero-order chi connectivity index (χ0) is 10.5. The van der Waals surface area contributed by atoms with Crippen LogP contribution in [0.15, 0.2) is 0 Å². The fraction of sp³-hybridized carbons (Fsp3) is 1.00. The molecule has 0 aromatic rings. The van der Waals surface area contributed by atoms with Crippen molar-refractivity contribution in [2.24, 2.45) is 0 Å². The minimum absolute atomic E-state index is 0.0392. The molecule has 1 unspecified atom stereocenters. The predicted octanol–water partition coefficient (Wildman–Crippen LogP) is -0.225. The summed E-state index contributed by atoms with van der Waals surface area (Å²) in [5, 5.41) is 9.03. The molecular formula is C11H22N2O2. The van der Waals surface area contributed by atoms with Crippen molar-refractivity contribution >= 4 is 0 Å². The van der Waals surface area contributed by atoms with E-state index < -0.39 is 0 Å². The molecule has 15 heavy (non-hydrogen) atoms. The van der Waals surface area contributed by atoms with Crippen LogP contribution in [-0.4, -0.2) is 73.5 Å². The zero-order valence-corrected chi connectivity index (χ0v) is 9.40. The quantitative estimate of drug-likeness (QED) is 0.701. The summed E-state index contributed by atoms with van der Waals surface area (Å²) in [4.78, 5) is 4.94. The van der Waals surface area contributed by atoms with Gasteiger partial charge in [-0.25, -0.2) is 0 Å². The van der Waals surface area contributed by atoms with E-state index in [1.807, 2.05) is 0 Å². The molecule has 2 heterocycles. The predicted molar refractivity (Wildman–Crippen MR) is 58.9 cm³/mol. The van der Waals surface area contributed by atoms with Crippen LogP contribution in [0.4, 0.5) is 0 Å². The molecule has 1 atom stereocenters. The standard InChI is InChI=1S/C11H22N2O2/c14-10-11-9-13(7-8-15-11)6-5-12-3-1-2-4-12/h11,14H,1-10H2. The number of ether oxygens (including phenoxy) is 1. The molecule has 0 aromatic carbocycles. The van der Waals surface area contributed by atoms with Crippen molar-refractivity contribution in [1.82, 2.24) is 9.80 Å². The average Bonchev–Trinajstić information content (AvgIpc) is 2.79. The molecule has 0 aromatic heterocycles. The molecule has 0 saturated carbocycles. The maximum Gasteiger partial charge on any atom is 0.0932 e. The average molecular weight is 214 g/mol. The Morgan fingerprint density at radius 1 is 1.07 bits per heavy atom. The number of aliphatic hydroxyl groups is 1. The number of likely N-dealkylation sites (tertiary alicyclic amines) is 1. The normalized spacial score (nSPS) is 29.8. The van der Waals surface area contributed by atoms with E-state index in [0.717, 1.165) is 26.2 Å². The fourth-order valence-electron chi connectivity index (χ4n) is 2.38. The summed E-state index contributed by atoms with van der Waals surface area (Å²) in [5.74, 6) is 0. The Hall–Kier alpha value is -0.160. The number of aliphatic hydroxyl groups excluding tert-OH is 1. The molecule has 4 nitrogen and oxygen atoms in total. The van der Waals surface area contributed by atoms with Crippen molar-refractivity contribution in [3.8, 4) is 0 Å². The third kappa shape index (κ3) is 3.41. The van der Waals surface area contributed by atoms with Crippen molar-refractivity contribution in [3.63, 3.8) is 0 Å². The number of hydrogen-bond donors (Lipinski definition) is 1. The van der Waals surface area contributed by atoms with E-state index in [1.54, 1.807) is 0 Å². The fourth-order valence-corrected chi connectivity index (χ4v) is 2.38. The maximum atomic E-state index is 9.03. The van der Waals surface area contributed by atoms with E-state index in [4.69, 9.17) is 9.84 Å². The SMILES string of the molecule is OCC1CN(CCN2CCCC2)CCO1. The molecule has 2 aliphatic rings. The highest BCUT2D eigenvalue weighted by atomic mass is 16.5. The first-order chi connectivity index (χ1) is 7.38. The molecule has 0 bridgehead atoms. The third-order valence-electron chi connectivity index (χ3n) is 3.36. The topological polar surface area (TPSA) is 35.9 Å². The van der Waals surface area contributed by atoms with Gasteiger partial charge < -0.3 is 14.7 Å². The molecule has 0 aliphatic carbocycles. The Morgan fingerprint density at radius 2 is 1.80 bits per heavy atom. The smallest absolute Gasteiger partial charge is 0.0932 e. The number of nitrogens with zero attached hydrogens (tertiary/aromatic N) is 2. The molecule has 4 heteroatoms. The van der Waals surface area contributed by atoms with Gasteiger partial charge in [0.1, 0.15) is 0 Å². The zero-order valence-electron chi connectivity index (χ0n) is 9.40. The van der Waals surface area contributed by atoms with Gasteiger partial charge >= 0.3 is 0 Å². The van der Waals surface area contributed by atoms with E-state index in [0.29, 0.717) is 0 Å². The van der Waals surface area contributed by atoms with E-state index in [-0.39, 0.29) is 12.7 Å². The molecule has 88 valence electrons. The van der Waals surface area contributed by atoms with Gasteiger partial charge in [-0.3, -0.25) is 4.90 Å². The van der Waals surface area contributed by atoms with Crippen LogP contribution in [0.3, 0.4) is 0 Å². The van der Waals surface area contributed by atoms with Crippen molar-refractivity contribution in [2.75, 3.05) is 52.5 Å². The number of morpholine rings is 1. The summed E-state index contributed by atoms with van der Waals surface area (Å²) in [6, 6.07) is 0. The molecule has 0 radical (unpaired) electrons. The summed E-state index contributed by atoms with van der Waals surface area (Å²) in [7, 11) is 0. The molecule has 2 aliphatic heterocycles. The van der Waals surface area contributed by atoms with Crippen LogP contribution < -0.4 is 0 Å². The number of rotatable bonds is 4. The van der Waals surface area contributed by atoms with E-state index in [2.05, 4.69) is 9.80 Å². The summed E-state index contributed by atoms with van der Waals surface area (Å²) >= 11 is 0. The van der Waals surface area contributed by atoms with Crippen LogP contribution in [0.2, 0.25) is 0 Å². The van der Waals surface area contributed by atoms with Crippen molar-refractivity contribution in [2.45, 2.75) is 18.9 Å². The Kier molecular flexibility index (Phi) is 4.38. The van der Waals surface area contributed by atoms with Crippen LogP contribution in [0.1, 0.15) is 12.8 Å². The lowest BCUT2D eigenvalue weighted by Gasteiger charge is -2.32. The highest BCUT2D eigenvalue weighted by Crippen LogP contribution is 2.08. The van der Waals surface area contributed by atoms with Gasteiger partial charge in [0.2, 0.25) is 0 Å². The largest absolute Gasteiger partial charge is 0.394 e. The van der Waals surface area contributed by atoms with Gasteiger partial charge in [-0.05, 0) is 25.9 Å². The van der Waals surface area contributed by atoms with E-state index in [1.165, 1.54) is 32.5 Å². The second-order valence-corrected chi connectivity index (χ2v) is 4.52. The van der Waals surface area contributed by atoms with Gasteiger partial charge in [0.25, 0.3) is 0 Å². The second kappa shape index (κ2) is 5.80. The van der Waals surface area contributed by atoms with Crippen LogP contribution in [0.25, 0.3) is 0 Å². The highest BCUT2D eigenvalue weighted by molar-refractivity contribution is 4.73. The summed E-state index contributed by atoms with van der Waals surface area (Å²) in [6.07, 6.45) is 2.77. The number of hydrogen-bond acceptors (Lipinski definition) is 4. The second-order valence-electron chi connectivity index (χ2n) is 4.52. The first kappa shape index (κ1) is 11.3. The lowest BCUT2D eigenvalue weighted by Crippen LogP contribution is -2.46. The molecule has 0 amide bonds. The van der Waals surface area contributed by atoms with Gasteiger partial charge in [0.05, 0.1) is 19.3 Å². The Labute approximate surface area is 91.8 Å². The van der Waals surface area contributed by atoms with Gasteiger partial charge in [0.15, 0.2) is 0 Å². The third-order valence-corrected chi connectivity index (χ3v) is 3.36. The van der Waals surface area contributed by atoms with Crippen molar-refractivity contribution in [3.05, 3.63) is 0 Å². The minimum Gasteiger partial charge on any atom is -0.394 e. The Bertz CT molecular complexity index is 183. The lowest BCUT2D eigenvalue weighted by atomic mass is 10.3. The molecular weight excluding hydrogens is 192 g/mol. The van der Waals surface area contributed by atoms with Crippen molar-refractivity contribution < 1.29 is 9.84 Å². The van der Waals surface area contributed by atoms with Crippen LogP contribution in [0, 0.1) is 0 Å². The monoisotopic (exact) mass is 214 g/mol. The molecule has 2 fully saturated rings.